The maximum absolute atomic E-state index is 11.8. The van der Waals surface area contributed by atoms with Gasteiger partial charge in [-0.2, -0.15) is 0 Å². The first-order valence-electron chi connectivity index (χ1n) is 6.13. The van der Waals surface area contributed by atoms with E-state index < -0.39 is 11.5 Å². The molecule has 104 valence electrons. The first kappa shape index (κ1) is 14.8. The van der Waals surface area contributed by atoms with E-state index >= 15 is 0 Å². The Balaban J connectivity index is 2.43. The molecular formula is C12H22N2O4. The number of carbonyl (C=O) groups is 2. The summed E-state index contributed by atoms with van der Waals surface area (Å²) in [7, 11) is 1.57. The number of urea groups is 1. The molecule has 1 unspecified atom stereocenters. The first-order chi connectivity index (χ1) is 8.34. The predicted molar refractivity (Wildman–Crippen MR) is 66.4 cm³/mol. The summed E-state index contributed by atoms with van der Waals surface area (Å²) in [6.45, 7) is 4.09. The third kappa shape index (κ3) is 5.35. The van der Waals surface area contributed by atoms with Gasteiger partial charge in [-0.3, -0.25) is 4.79 Å². The Labute approximate surface area is 107 Å². The molecule has 0 heterocycles. The minimum Gasteiger partial charge on any atom is -0.481 e. The van der Waals surface area contributed by atoms with Gasteiger partial charge in [0.15, 0.2) is 0 Å². The monoisotopic (exact) mass is 258 g/mol. The SMILES string of the molecule is COCC(C)(C)NC(=O)NC(CC(=O)O)C1CC1. The fraction of sp³-hybridized carbons (Fsp3) is 0.833. The molecule has 0 spiro atoms. The van der Waals surface area contributed by atoms with Crippen LogP contribution in [-0.4, -0.2) is 42.4 Å². The molecule has 18 heavy (non-hydrogen) atoms. The smallest absolute Gasteiger partial charge is 0.315 e. The van der Waals surface area contributed by atoms with Gasteiger partial charge in [0.2, 0.25) is 0 Å². The summed E-state index contributed by atoms with van der Waals surface area (Å²) in [6, 6.07) is -0.615. The van der Waals surface area contributed by atoms with E-state index in [1.807, 2.05) is 13.8 Å². The van der Waals surface area contributed by atoms with Crippen LogP contribution in [0.3, 0.4) is 0 Å². The Morgan fingerprint density at radius 1 is 1.44 bits per heavy atom. The fourth-order valence-corrected chi connectivity index (χ4v) is 1.93. The lowest BCUT2D eigenvalue weighted by Crippen LogP contribution is -2.53. The average molecular weight is 258 g/mol. The number of carboxylic acid groups (broad SMARTS) is 1. The molecule has 1 saturated carbocycles. The predicted octanol–water partition coefficient (Wildman–Crippen LogP) is 0.964. The Morgan fingerprint density at radius 3 is 2.50 bits per heavy atom. The summed E-state index contributed by atoms with van der Waals surface area (Å²) in [6.07, 6.45) is 1.95. The van der Waals surface area contributed by atoms with Crippen LogP contribution in [0.15, 0.2) is 0 Å². The number of carboxylic acids is 1. The standard InChI is InChI=1S/C12H22N2O4/c1-12(2,7-18-3)14-11(17)13-9(6-10(15)16)8-4-5-8/h8-9H,4-7H2,1-3H3,(H,15,16)(H2,13,14,17). The summed E-state index contributed by atoms with van der Waals surface area (Å²) in [5, 5.41) is 14.3. The van der Waals surface area contributed by atoms with Gasteiger partial charge in [0.25, 0.3) is 0 Å². The molecule has 6 nitrogen and oxygen atoms in total. The number of hydrogen-bond donors (Lipinski definition) is 3. The van der Waals surface area contributed by atoms with Gasteiger partial charge < -0.3 is 20.5 Å². The molecule has 1 fully saturated rings. The maximum atomic E-state index is 11.8. The topological polar surface area (TPSA) is 87.7 Å². The van der Waals surface area contributed by atoms with E-state index in [2.05, 4.69) is 10.6 Å². The molecule has 6 heteroatoms. The molecule has 0 aromatic rings. The molecule has 1 atom stereocenters. The van der Waals surface area contributed by atoms with E-state index in [4.69, 9.17) is 9.84 Å². The zero-order chi connectivity index (χ0) is 13.8. The lowest BCUT2D eigenvalue weighted by molar-refractivity contribution is -0.137. The number of ether oxygens (including phenoxy) is 1. The third-order valence-electron chi connectivity index (χ3n) is 2.86. The van der Waals surface area contributed by atoms with Crippen LogP contribution in [0.4, 0.5) is 4.79 Å². The fourth-order valence-electron chi connectivity index (χ4n) is 1.93. The van der Waals surface area contributed by atoms with E-state index in [1.54, 1.807) is 7.11 Å². The number of rotatable bonds is 7. The first-order valence-corrected chi connectivity index (χ1v) is 6.13. The molecule has 2 amide bonds. The number of aliphatic carboxylic acids is 1. The van der Waals surface area contributed by atoms with Gasteiger partial charge >= 0.3 is 12.0 Å². The van der Waals surface area contributed by atoms with Crippen LogP contribution in [0, 0.1) is 5.92 Å². The third-order valence-corrected chi connectivity index (χ3v) is 2.86. The number of amides is 2. The van der Waals surface area contributed by atoms with Crippen molar-refractivity contribution in [3.05, 3.63) is 0 Å². The Morgan fingerprint density at radius 2 is 2.06 bits per heavy atom. The van der Waals surface area contributed by atoms with Crippen LogP contribution < -0.4 is 10.6 Å². The minimum absolute atomic E-state index is 0.0250. The van der Waals surface area contributed by atoms with E-state index in [1.165, 1.54) is 0 Å². The lowest BCUT2D eigenvalue weighted by Gasteiger charge is -2.27. The highest BCUT2D eigenvalue weighted by atomic mass is 16.5. The van der Waals surface area contributed by atoms with Crippen molar-refractivity contribution in [3.8, 4) is 0 Å². The van der Waals surface area contributed by atoms with Crippen LogP contribution in [-0.2, 0) is 9.53 Å². The highest BCUT2D eigenvalue weighted by molar-refractivity contribution is 5.76. The summed E-state index contributed by atoms with van der Waals surface area (Å²) in [4.78, 5) is 22.5. The van der Waals surface area contributed by atoms with Gasteiger partial charge in [-0.05, 0) is 32.6 Å². The highest BCUT2D eigenvalue weighted by Gasteiger charge is 2.34. The van der Waals surface area contributed by atoms with Gasteiger partial charge in [0, 0.05) is 13.2 Å². The second-order valence-electron chi connectivity index (χ2n) is 5.46. The normalized spacial score (nSPS) is 17.1. The molecule has 0 aliphatic heterocycles. The minimum atomic E-state index is -0.886. The molecule has 1 aliphatic carbocycles. The van der Waals surface area contributed by atoms with Crippen molar-refractivity contribution in [2.75, 3.05) is 13.7 Å². The van der Waals surface area contributed by atoms with Crippen LogP contribution in [0.2, 0.25) is 0 Å². The number of hydrogen-bond acceptors (Lipinski definition) is 3. The van der Waals surface area contributed by atoms with Crippen molar-refractivity contribution in [2.45, 2.75) is 44.7 Å². The molecule has 0 saturated heterocycles. The van der Waals surface area contributed by atoms with Crippen LogP contribution in [0.1, 0.15) is 33.1 Å². The van der Waals surface area contributed by atoms with E-state index in [0.29, 0.717) is 12.5 Å². The van der Waals surface area contributed by atoms with Crippen molar-refractivity contribution in [3.63, 3.8) is 0 Å². The van der Waals surface area contributed by atoms with Crippen LogP contribution >= 0.6 is 0 Å². The van der Waals surface area contributed by atoms with Gasteiger partial charge in [0.1, 0.15) is 0 Å². The Kier molecular flexibility index (Phi) is 4.95. The summed E-state index contributed by atoms with van der Waals surface area (Å²) < 4.78 is 5.00. The average Bonchev–Trinajstić information content (AvgIpc) is 2.96. The number of nitrogens with one attached hydrogen (secondary N) is 2. The van der Waals surface area contributed by atoms with E-state index in [0.717, 1.165) is 12.8 Å². The molecule has 0 aromatic carbocycles. The summed E-state index contributed by atoms with van der Waals surface area (Å²) >= 11 is 0. The maximum Gasteiger partial charge on any atom is 0.315 e. The zero-order valence-corrected chi connectivity index (χ0v) is 11.2. The van der Waals surface area contributed by atoms with Crippen molar-refractivity contribution >= 4 is 12.0 Å². The molecule has 0 radical (unpaired) electrons. The van der Waals surface area contributed by atoms with Crippen LogP contribution in [0.25, 0.3) is 0 Å². The zero-order valence-electron chi connectivity index (χ0n) is 11.2. The molecular weight excluding hydrogens is 236 g/mol. The number of methoxy groups -OCH3 is 1. The van der Waals surface area contributed by atoms with Crippen molar-refractivity contribution in [2.24, 2.45) is 5.92 Å². The largest absolute Gasteiger partial charge is 0.481 e. The lowest BCUT2D eigenvalue weighted by atomic mass is 10.1. The Hall–Kier alpha value is -1.30. The second-order valence-corrected chi connectivity index (χ2v) is 5.46. The second kappa shape index (κ2) is 6.04. The quantitative estimate of drug-likeness (QED) is 0.635. The van der Waals surface area contributed by atoms with Crippen molar-refractivity contribution in [1.82, 2.24) is 10.6 Å². The molecule has 0 aromatic heterocycles. The summed E-state index contributed by atoms with van der Waals surface area (Å²) in [5.74, 6) is -0.583. The van der Waals surface area contributed by atoms with Crippen LogP contribution in [0.5, 0.6) is 0 Å². The molecule has 0 bridgehead atoms. The van der Waals surface area contributed by atoms with Gasteiger partial charge in [-0.15, -0.1) is 0 Å². The number of carbonyl (C=O) groups excluding carboxylic acids is 1. The van der Waals surface area contributed by atoms with Gasteiger partial charge in [-0.1, -0.05) is 0 Å². The molecule has 1 rings (SSSR count). The molecule has 3 N–H and O–H groups in total. The van der Waals surface area contributed by atoms with Crippen molar-refractivity contribution in [1.29, 1.82) is 0 Å². The van der Waals surface area contributed by atoms with Gasteiger partial charge in [-0.25, -0.2) is 4.79 Å². The molecule has 1 aliphatic rings. The van der Waals surface area contributed by atoms with Crippen molar-refractivity contribution < 1.29 is 19.4 Å². The Bertz CT molecular complexity index is 313. The van der Waals surface area contributed by atoms with E-state index in [9.17, 15) is 9.59 Å². The summed E-state index contributed by atoms with van der Waals surface area (Å²) in [5.41, 5.74) is -0.476. The van der Waals surface area contributed by atoms with Gasteiger partial charge in [0.05, 0.1) is 18.6 Å². The van der Waals surface area contributed by atoms with E-state index in [-0.39, 0.29) is 18.5 Å². The highest BCUT2D eigenvalue weighted by Crippen LogP contribution is 2.34.